The van der Waals surface area contributed by atoms with Crippen molar-refractivity contribution in [3.05, 3.63) is 70.6 Å². The molecular weight excluding hydrogens is 398 g/mol. The first kappa shape index (κ1) is 20.4. The Kier molecular flexibility index (Phi) is 6.42. The third-order valence-electron chi connectivity index (χ3n) is 4.43. The highest BCUT2D eigenvalue weighted by atomic mass is 35.5. The van der Waals surface area contributed by atoms with E-state index < -0.39 is 15.9 Å². The fourth-order valence-electron chi connectivity index (χ4n) is 2.95. The summed E-state index contributed by atoms with van der Waals surface area (Å²) in [5, 5.41) is 1.71. The van der Waals surface area contributed by atoms with Crippen LogP contribution in [0.4, 0.5) is 5.69 Å². The number of hydrogen-bond donors (Lipinski definition) is 0. The minimum atomic E-state index is -3.31. The number of hydrogen-bond acceptors (Lipinski definition) is 4. The highest BCUT2D eigenvalue weighted by molar-refractivity contribution is 7.94. The fourth-order valence-corrected chi connectivity index (χ4v) is 4.34. The van der Waals surface area contributed by atoms with Crippen LogP contribution in [0, 0.1) is 0 Å². The quantitative estimate of drug-likeness (QED) is 0.621. The Bertz CT molecular complexity index is 953. The van der Waals surface area contributed by atoms with Crippen molar-refractivity contribution in [2.75, 3.05) is 17.3 Å². The minimum Gasteiger partial charge on any atom is -0.494 e. The molecule has 28 heavy (non-hydrogen) atoms. The maximum atomic E-state index is 13.2. The number of sulfone groups is 1. The van der Waals surface area contributed by atoms with Gasteiger partial charge in [-0.3, -0.25) is 4.79 Å². The molecule has 0 radical (unpaired) electrons. The normalized spacial score (nSPS) is 17.4. The smallest absolute Gasteiger partial charge is 0.258 e. The number of amides is 1. The SMILES string of the molecule is CCCCOc1ccc(C(=O)N(c2ccc(Cl)cc2)[C@@H]2C=CS(=O)(=O)C2)cc1. The molecule has 3 rings (SSSR count). The third-order valence-corrected chi connectivity index (χ3v) is 6.06. The van der Waals surface area contributed by atoms with Crippen molar-refractivity contribution in [1.29, 1.82) is 0 Å². The van der Waals surface area contributed by atoms with Crippen LogP contribution in [-0.2, 0) is 9.84 Å². The van der Waals surface area contributed by atoms with Gasteiger partial charge in [-0.05, 0) is 61.0 Å². The molecule has 5 nitrogen and oxygen atoms in total. The van der Waals surface area contributed by atoms with E-state index in [4.69, 9.17) is 16.3 Å². The molecule has 1 heterocycles. The van der Waals surface area contributed by atoms with Crippen LogP contribution in [0.1, 0.15) is 30.1 Å². The lowest BCUT2D eigenvalue weighted by atomic mass is 10.1. The van der Waals surface area contributed by atoms with Crippen molar-refractivity contribution in [2.45, 2.75) is 25.8 Å². The minimum absolute atomic E-state index is 0.139. The van der Waals surface area contributed by atoms with E-state index in [-0.39, 0.29) is 11.7 Å². The molecule has 2 aromatic rings. The van der Waals surface area contributed by atoms with E-state index in [9.17, 15) is 13.2 Å². The fraction of sp³-hybridized carbons (Fsp3) is 0.286. The van der Waals surface area contributed by atoms with Gasteiger partial charge >= 0.3 is 0 Å². The average Bonchev–Trinajstić information content (AvgIpc) is 3.03. The monoisotopic (exact) mass is 419 g/mol. The van der Waals surface area contributed by atoms with Crippen molar-refractivity contribution in [3.8, 4) is 5.75 Å². The van der Waals surface area contributed by atoms with Crippen LogP contribution in [0.5, 0.6) is 5.75 Å². The zero-order valence-corrected chi connectivity index (χ0v) is 17.1. The number of nitrogens with zero attached hydrogens (tertiary/aromatic N) is 1. The number of carbonyl (C=O) groups is 1. The summed E-state index contributed by atoms with van der Waals surface area (Å²) in [7, 11) is -3.31. The summed E-state index contributed by atoms with van der Waals surface area (Å²) in [5.41, 5.74) is 1.04. The second-order valence-electron chi connectivity index (χ2n) is 6.60. The first-order valence-electron chi connectivity index (χ1n) is 9.12. The van der Waals surface area contributed by atoms with Gasteiger partial charge in [-0.15, -0.1) is 0 Å². The predicted molar refractivity (Wildman–Crippen MR) is 112 cm³/mol. The van der Waals surface area contributed by atoms with Gasteiger partial charge in [0.25, 0.3) is 5.91 Å². The third kappa shape index (κ3) is 4.94. The van der Waals surface area contributed by atoms with E-state index in [0.29, 0.717) is 28.6 Å². The van der Waals surface area contributed by atoms with Crippen molar-refractivity contribution < 1.29 is 17.9 Å². The predicted octanol–water partition coefficient (Wildman–Crippen LogP) is 4.48. The number of benzene rings is 2. The van der Waals surface area contributed by atoms with Gasteiger partial charge in [0.15, 0.2) is 9.84 Å². The largest absolute Gasteiger partial charge is 0.494 e. The van der Waals surface area contributed by atoms with Gasteiger partial charge in [0.05, 0.1) is 18.4 Å². The average molecular weight is 420 g/mol. The van der Waals surface area contributed by atoms with Crippen LogP contribution < -0.4 is 9.64 Å². The Hall–Kier alpha value is -2.31. The first-order chi connectivity index (χ1) is 13.4. The van der Waals surface area contributed by atoms with E-state index in [1.165, 1.54) is 10.3 Å². The van der Waals surface area contributed by atoms with Crippen molar-refractivity contribution in [3.63, 3.8) is 0 Å². The Balaban J connectivity index is 1.86. The lowest BCUT2D eigenvalue weighted by Crippen LogP contribution is -2.41. The molecule has 0 saturated heterocycles. The molecule has 1 atom stereocenters. The van der Waals surface area contributed by atoms with Gasteiger partial charge in [-0.1, -0.05) is 24.9 Å². The van der Waals surface area contributed by atoms with Crippen LogP contribution in [0.3, 0.4) is 0 Å². The lowest BCUT2D eigenvalue weighted by Gasteiger charge is -2.28. The molecule has 2 aromatic carbocycles. The number of halogens is 1. The van der Waals surface area contributed by atoms with E-state index in [1.54, 1.807) is 54.6 Å². The van der Waals surface area contributed by atoms with E-state index in [0.717, 1.165) is 12.8 Å². The Morgan fingerprint density at radius 2 is 1.82 bits per heavy atom. The maximum absolute atomic E-state index is 13.2. The molecule has 1 aliphatic rings. The van der Waals surface area contributed by atoms with Crippen LogP contribution in [0.2, 0.25) is 5.02 Å². The summed E-state index contributed by atoms with van der Waals surface area (Å²) in [5.74, 6) is 0.278. The van der Waals surface area contributed by atoms with Gasteiger partial charge < -0.3 is 9.64 Å². The lowest BCUT2D eigenvalue weighted by molar-refractivity contribution is 0.0983. The number of unbranched alkanes of at least 4 members (excludes halogenated alkanes) is 1. The first-order valence-corrected chi connectivity index (χ1v) is 11.2. The van der Waals surface area contributed by atoms with Gasteiger partial charge in [-0.25, -0.2) is 8.42 Å². The van der Waals surface area contributed by atoms with E-state index in [2.05, 4.69) is 6.92 Å². The molecule has 7 heteroatoms. The zero-order valence-electron chi connectivity index (χ0n) is 15.5. The molecule has 0 bridgehead atoms. The zero-order chi connectivity index (χ0) is 20.1. The van der Waals surface area contributed by atoms with Gasteiger partial charge in [0.2, 0.25) is 0 Å². The van der Waals surface area contributed by atoms with Gasteiger partial charge in [0.1, 0.15) is 5.75 Å². The van der Waals surface area contributed by atoms with E-state index >= 15 is 0 Å². The molecule has 0 fully saturated rings. The van der Waals surface area contributed by atoms with Crippen molar-refractivity contribution in [2.24, 2.45) is 0 Å². The Labute approximate surface area is 170 Å². The van der Waals surface area contributed by atoms with Crippen LogP contribution in [0.25, 0.3) is 0 Å². The molecule has 0 unspecified atom stereocenters. The van der Waals surface area contributed by atoms with Crippen LogP contribution in [-0.4, -0.2) is 32.7 Å². The highest BCUT2D eigenvalue weighted by Gasteiger charge is 2.32. The Morgan fingerprint density at radius 3 is 2.39 bits per heavy atom. The molecule has 0 N–H and O–H groups in total. The summed E-state index contributed by atoms with van der Waals surface area (Å²) in [4.78, 5) is 14.7. The standard InChI is InChI=1S/C21H22ClNO4S/c1-2-3-13-27-20-10-4-16(5-11-20)21(24)23(18-8-6-17(22)7-9-18)19-12-14-28(25,26)15-19/h4-12,14,19H,2-3,13,15H2,1H3/t19-/m1/s1. The number of ether oxygens (including phenoxy) is 1. The molecular formula is C21H22ClNO4S. The summed E-state index contributed by atoms with van der Waals surface area (Å²) in [6, 6.07) is 13.1. The summed E-state index contributed by atoms with van der Waals surface area (Å²) >= 11 is 5.96. The number of rotatable bonds is 7. The molecule has 0 saturated carbocycles. The summed E-state index contributed by atoms with van der Waals surface area (Å²) < 4.78 is 29.4. The topological polar surface area (TPSA) is 63.7 Å². The van der Waals surface area contributed by atoms with E-state index in [1.807, 2.05) is 0 Å². The highest BCUT2D eigenvalue weighted by Crippen LogP contribution is 2.27. The number of carbonyl (C=O) groups excluding carboxylic acids is 1. The van der Waals surface area contributed by atoms with Crippen LogP contribution in [0.15, 0.2) is 60.0 Å². The molecule has 148 valence electrons. The molecule has 0 aliphatic carbocycles. The molecule has 1 amide bonds. The second-order valence-corrected chi connectivity index (χ2v) is 8.97. The number of anilines is 1. The second kappa shape index (κ2) is 8.80. The molecule has 1 aliphatic heterocycles. The van der Waals surface area contributed by atoms with Gasteiger partial charge in [-0.2, -0.15) is 0 Å². The summed E-state index contributed by atoms with van der Waals surface area (Å²) in [6.45, 7) is 2.72. The van der Waals surface area contributed by atoms with Crippen LogP contribution >= 0.6 is 11.6 Å². The van der Waals surface area contributed by atoms with Crippen molar-refractivity contribution >= 4 is 33.0 Å². The molecule has 0 aromatic heterocycles. The summed E-state index contributed by atoms with van der Waals surface area (Å²) in [6.07, 6.45) is 3.56. The molecule has 0 spiro atoms. The van der Waals surface area contributed by atoms with Gasteiger partial charge in [0, 0.05) is 21.7 Å². The van der Waals surface area contributed by atoms with Crippen molar-refractivity contribution in [1.82, 2.24) is 0 Å². The Morgan fingerprint density at radius 1 is 1.14 bits per heavy atom. The maximum Gasteiger partial charge on any atom is 0.258 e.